The number of rotatable bonds is 3. The van der Waals surface area contributed by atoms with Crippen molar-refractivity contribution >= 4 is 11.5 Å². The molecule has 0 radical (unpaired) electrons. The van der Waals surface area contributed by atoms with E-state index in [4.69, 9.17) is 4.74 Å². The SMILES string of the molecule is CCOC(=O)c1nonc1C1=CCC1. The highest BCUT2D eigenvalue weighted by Crippen LogP contribution is 2.29. The summed E-state index contributed by atoms with van der Waals surface area (Å²) in [6.45, 7) is 2.07. The fourth-order valence-electron chi connectivity index (χ4n) is 1.24. The minimum Gasteiger partial charge on any atom is -0.461 e. The highest BCUT2D eigenvalue weighted by molar-refractivity contribution is 5.92. The molecule has 0 unspecified atom stereocenters. The molecule has 1 aromatic heterocycles. The second-order valence-electron chi connectivity index (χ2n) is 2.95. The molecular weight excluding hydrogens is 184 g/mol. The van der Waals surface area contributed by atoms with Crippen LogP contribution in [0.25, 0.3) is 5.57 Å². The molecule has 0 N–H and O–H groups in total. The minimum absolute atomic E-state index is 0.179. The van der Waals surface area contributed by atoms with Crippen LogP contribution in [0.1, 0.15) is 35.9 Å². The molecule has 1 aromatic rings. The summed E-state index contributed by atoms with van der Waals surface area (Å²) < 4.78 is 9.35. The average molecular weight is 194 g/mol. The minimum atomic E-state index is -0.475. The quantitative estimate of drug-likeness (QED) is 0.681. The zero-order valence-corrected chi connectivity index (χ0v) is 7.82. The number of carbonyl (C=O) groups excluding carboxylic acids is 1. The molecule has 0 saturated carbocycles. The Morgan fingerprint density at radius 3 is 3.00 bits per heavy atom. The molecule has 0 saturated heterocycles. The van der Waals surface area contributed by atoms with E-state index in [1.54, 1.807) is 6.92 Å². The van der Waals surface area contributed by atoms with Gasteiger partial charge in [-0.15, -0.1) is 0 Å². The second-order valence-corrected chi connectivity index (χ2v) is 2.95. The maximum atomic E-state index is 11.4. The van der Waals surface area contributed by atoms with Crippen LogP contribution in [-0.4, -0.2) is 22.9 Å². The molecular formula is C9H10N2O3. The predicted octanol–water partition coefficient (Wildman–Crippen LogP) is 1.42. The summed E-state index contributed by atoms with van der Waals surface area (Å²) in [5.41, 5.74) is 1.71. The maximum Gasteiger partial charge on any atom is 0.362 e. The Bertz CT molecular complexity index is 381. The molecule has 0 spiro atoms. The number of carbonyl (C=O) groups is 1. The Labute approximate surface area is 80.7 Å². The number of ether oxygens (including phenoxy) is 1. The number of hydrogen-bond acceptors (Lipinski definition) is 5. The first-order chi connectivity index (χ1) is 6.83. The lowest BCUT2D eigenvalue weighted by Gasteiger charge is -2.10. The van der Waals surface area contributed by atoms with Crippen LogP contribution < -0.4 is 0 Å². The third-order valence-corrected chi connectivity index (χ3v) is 2.07. The molecule has 0 amide bonds. The lowest BCUT2D eigenvalue weighted by molar-refractivity contribution is 0.0513. The van der Waals surface area contributed by atoms with Gasteiger partial charge in [-0.1, -0.05) is 6.08 Å². The van der Waals surface area contributed by atoms with E-state index >= 15 is 0 Å². The number of allylic oxidation sites excluding steroid dienone is 2. The smallest absolute Gasteiger partial charge is 0.362 e. The molecule has 0 atom stereocenters. The van der Waals surface area contributed by atoms with E-state index in [-0.39, 0.29) is 5.69 Å². The van der Waals surface area contributed by atoms with E-state index in [0.29, 0.717) is 12.3 Å². The lowest BCUT2D eigenvalue weighted by Crippen LogP contribution is -2.09. The van der Waals surface area contributed by atoms with E-state index in [9.17, 15) is 4.79 Å². The number of aromatic nitrogens is 2. The summed E-state index contributed by atoms with van der Waals surface area (Å²) >= 11 is 0. The number of hydrogen-bond donors (Lipinski definition) is 0. The molecule has 0 bridgehead atoms. The summed E-state index contributed by atoms with van der Waals surface area (Å²) in [6, 6.07) is 0. The molecule has 1 aliphatic carbocycles. The Morgan fingerprint density at radius 1 is 1.64 bits per heavy atom. The molecule has 0 aromatic carbocycles. The monoisotopic (exact) mass is 194 g/mol. The van der Waals surface area contributed by atoms with E-state index in [2.05, 4.69) is 14.9 Å². The summed E-state index contributed by atoms with van der Waals surface area (Å²) in [6.07, 6.45) is 3.94. The first-order valence-electron chi connectivity index (χ1n) is 4.52. The Kier molecular flexibility index (Phi) is 2.30. The maximum absolute atomic E-state index is 11.4. The third kappa shape index (κ3) is 1.41. The van der Waals surface area contributed by atoms with Crippen LogP contribution >= 0.6 is 0 Å². The fourth-order valence-corrected chi connectivity index (χ4v) is 1.24. The van der Waals surface area contributed by atoms with Crippen LogP contribution in [0.4, 0.5) is 0 Å². The van der Waals surface area contributed by atoms with E-state index in [0.717, 1.165) is 18.4 Å². The third-order valence-electron chi connectivity index (χ3n) is 2.07. The molecule has 5 heteroatoms. The van der Waals surface area contributed by atoms with Crippen LogP contribution in [0.15, 0.2) is 10.7 Å². The summed E-state index contributed by atoms with van der Waals surface area (Å²) in [7, 11) is 0. The van der Waals surface area contributed by atoms with E-state index in [1.165, 1.54) is 0 Å². The van der Waals surface area contributed by atoms with Gasteiger partial charge in [0.25, 0.3) is 0 Å². The van der Waals surface area contributed by atoms with Gasteiger partial charge in [0.05, 0.1) is 6.61 Å². The van der Waals surface area contributed by atoms with Gasteiger partial charge in [0.15, 0.2) is 0 Å². The van der Waals surface area contributed by atoms with Crippen molar-refractivity contribution in [2.45, 2.75) is 19.8 Å². The van der Waals surface area contributed by atoms with Crippen LogP contribution in [0.2, 0.25) is 0 Å². The van der Waals surface area contributed by atoms with Crippen LogP contribution in [0.3, 0.4) is 0 Å². The molecule has 2 rings (SSSR count). The van der Waals surface area contributed by atoms with Crippen LogP contribution in [0.5, 0.6) is 0 Å². The van der Waals surface area contributed by atoms with E-state index in [1.807, 2.05) is 6.08 Å². The van der Waals surface area contributed by atoms with Gasteiger partial charge in [-0.05, 0) is 35.7 Å². The lowest BCUT2D eigenvalue weighted by atomic mass is 9.95. The molecule has 1 heterocycles. The van der Waals surface area contributed by atoms with Gasteiger partial charge < -0.3 is 4.74 Å². The molecule has 0 aliphatic heterocycles. The fraction of sp³-hybridized carbons (Fsp3) is 0.444. The van der Waals surface area contributed by atoms with Crippen molar-refractivity contribution in [3.8, 4) is 0 Å². The van der Waals surface area contributed by atoms with Gasteiger partial charge in [0.1, 0.15) is 5.69 Å². The standard InChI is InChI=1S/C9H10N2O3/c1-2-13-9(12)8-7(10-14-11-8)6-4-3-5-6/h4H,2-3,5H2,1H3. The van der Waals surface area contributed by atoms with Crippen LogP contribution in [0, 0.1) is 0 Å². The van der Waals surface area contributed by atoms with Crippen LogP contribution in [-0.2, 0) is 4.74 Å². The van der Waals surface area contributed by atoms with Crippen molar-refractivity contribution in [1.29, 1.82) is 0 Å². The van der Waals surface area contributed by atoms with Crippen molar-refractivity contribution in [1.82, 2.24) is 10.3 Å². The van der Waals surface area contributed by atoms with Gasteiger partial charge in [-0.3, -0.25) is 0 Å². The van der Waals surface area contributed by atoms with E-state index < -0.39 is 5.97 Å². The predicted molar refractivity (Wildman–Crippen MR) is 47.5 cm³/mol. The van der Waals surface area contributed by atoms with Crippen molar-refractivity contribution in [2.75, 3.05) is 6.61 Å². The van der Waals surface area contributed by atoms with Crippen molar-refractivity contribution in [3.05, 3.63) is 17.5 Å². The van der Waals surface area contributed by atoms with Crippen molar-refractivity contribution in [2.24, 2.45) is 0 Å². The van der Waals surface area contributed by atoms with Gasteiger partial charge in [-0.2, -0.15) is 0 Å². The molecule has 74 valence electrons. The molecule has 5 nitrogen and oxygen atoms in total. The Hall–Kier alpha value is -1.65. The zero-order chi connectivity index (χ0) is 9.97. The van der Waals surface area contributed by atoms with Gasteiger partial charge in [0.2, 0.25) is 5.69 Å². The second kappa shape index (κ2) is 3.61. The van der Waals surface area contributed by atoms with Crippen molar-refractivity contribution < 1.29 is 14.2 Å². The largest absolute Gasteiger partial charge is 0.461 e. The molecule has 14 heavy (non-hydrogen) atoms. The Balaban J connectivity index is 2.25. The van der Waals surface area contributed by atoms with Crippen molar-refractivity contribution in [3.63, 3.8) is 0 Å². The summed E-state index contributed by atoms with van der Waals surface area (Å²) in [5.74, 6) is -0.475. The highest BCUT2D eigenvalue weighted by Gasteiger charge is 2.24. The Morgan fingerprint density at radius 2 is 2.43 bits per heavy atom. The first kappa shape index (κ1) is 8.93. The molecule has 1 aliphatic rings. The highest BCUT2D eigenvalue weighted by atomic mass is 16.6. The molecule has 0 fully saturated rings. The summed E-state index contributed by atoms with van der Waals surface area (Å²) in [4.78, 5) is 11.4. The first-order valence-corrected chi connectivity index (χ1v) is 4.52. The van der Waals surface area contributed by atoms with Gasteiger partial charge in [0, 0.05) is 0 Å². The van der Waals surface area contributed by atoms with Gasteiger partial charge in [-0.25, -0.2) is 9.42 Å². The zero-order valence-electron chi connectivity index (χ0n) is 7.82. The normalized spacial score (nSPS) is 14.5. The summed E-state index contributed by atoms with van der Waals surface area (Å²) in [5, 5.41) is 7.22. The number of esters is 1. The van der Waals surface area contributed by atoms with Gasteiger partial charge >= 0.3 is 5.97 Å². The topological polar surface area (TPSA) is 65.2 Å². The number of nitrogens with zero attached hydrogens (tertiary/aromatic N) is 2. The average Bonchev–Trinajstić information content (AvgIpc) is 2.50.